The lowest BCUT2D eigenvalue weighted by Gasteiger charge is -2.05. The molecule has 0 saturated heterocycles. The highest BCUT2D eigenvalue weighted by atomic mass is 16.5. The van der Waals surface area contributed by atoms with E-state index < -0.39 is 11.9 Å². The summed E-state index contributed by atoms with van der Waals surface area (Å²) in [5.41, 5.74) is 0. The summed E-state index contributed by atoms with van der Waals surface area (Å²) in [4.78, 5) is 21.7. The molecule has 0 spiro atoms. The maximum absolute atomic E-state index is 11.1. The zero-order chi connectivity index (χ0) is 11.7. The van der Waals surface area contributed by atoms with E-state index in [2.05, 4.69) is 11.3 Å². The molecule has 4 heteroatoms. The summed E-state index contributed by atoms with van der Waals surface area (Å²) in [5, 5.41) is 0. The van der Waals surface area contributed by atoms with Gasteiger partial charge in [-0.25, -0.2) is 9.59 Å². The van der Waals surface area contributed by atoms with Gasteiger partial charge in [0, 0.05) is 12.2 Å². The number of methoxy groups -OCH3 is 1. The van der Waals surface area contributed by atoms with Crippen LogP contribution in [0.1, 0.15) is 6.92 Å². The Morgan fingerprint density at radius 3 is 2.40 bits per heavy atom. The van der Waals surface area contributed by atoms with Crippen molar-refractivity contribution in [2.75, 3.05) is 7.11 Å². The van der Waals surface area contributed by atoms with Crippen molar-refractivity contribution in [3.8, 4) is 0 Å². The zero-order valence-corrected chi connectivity index (χ0v) is 8.80. The summed E-state index contributed by atoms with van der Waals surface area (Å²) in [7, 11) is 1.23. The minimum Gasteiger partial charge on any atom is -0.466 e. The Kier molecular flexibility index (Phi) is 6.63. The lowest BCUT2D eigenvalue weighted by atomic mass is 10.3. The van der Waals surface area contributed by atoms with Crippen LogP contribution in [0.5, 0.6) is 0 Å². The van der Waals surface area contributed by atoms with Crippen molar-refractivity contribution < 1.29 is 19.1 Å². The molecule has 0 amide bonds. The van der Waals surface area contributed by atoms with Gasteiger partial charge in [0.15, 0.2) is 0 Å². The quantitative estimate of drug-likeness (QED) is 0.391. The second-order valence-corrected chi connectivity index (χ2v) is 2.62. The third-order valence-electron chi connectivity index (χ3n) is 1.38. The topological polar surface area (TPSA) is 52.6 Å². The smallest absolute Gasteiger partial charge is 0.331 e. The first kappa shape index (κ1) is 13.2. The zero-order valence-electron chi connectivity index (χ0n) is 8.80. The number of hydrogen-bond acceptors (Lipinski definition) is 4. The SMILES string of the molecule is C=C/C=C/C(C)OC(=O)/C=C/C(=O)OC. The fourth-order valence-corrected chi connectivity index (χ4v) is 0.701. The van der Waals surface area contributed by atoms with Crippen LogP contribution in [-0.4, -0.2) is 25.2 Å². The largest absolute Gasteiger partial charge is 0.466 e. The van der Waals surface area contributed by atoms with Crippen molar-refractivity contribution in [3.63, 3.8) is 0 Å². The minimum atomic E-state index is -0.596. The van der Waals surface area contributed by atoms with Crippen LogP contribution in [-0.2, 0) is 19.1 Å². The predicted octanol–water partition coefficient (Wildman–Crippen LogP) is 1.39. The third kappa shape index (κ3) is 7.25. The van der Waals surface area contributed by atoms with Gasteiger partial charge >= 0.3 is 11.9 Å². The molecule has 0 rings (SSSR count). The number of carbonyl (C=O) groups is 2. The van der Waals surface area contributed by atoms with Gasteiger partial charge in [0.2, 0.25) is 0 Å². The number of rotatable bonds is 5. The van der Waals surface area contributed by atoms with Crippen molar-refractivity contribution in [2.45, 2.75) is 13.0 Å². The molecule has 1 atom stereocenters. The highest BCUT2D eigenvalue weighted by Gasteiger charge is 2.03. The lowest BCUT2D eigenvalue weighted by molar-refractivity contribution is -0.141. The summed E-state index contributed by atoms with van der Waals surface area (Å²) >= 11 is 0. The van der Waals surface area contributed by atoms with Crippen molar-refractivity contribution in [1.82, 2.24) is 0 Å². The Labute approximate surface area is 88.9 Å². The van der Waals surface area contributed by atoms with Crippen molar-refractivity contribution in [1.29, 1.82) is 0 Å². The van der Waals surface area contributed by atoms with Crippen LogP contribution >= 0.6 is 0 Å². The maximum Gasteiger partial charge on any atom is 0.331 e. The normalized spacial score (nSPS) is 12.7. The Bertz CT molecular complexity index is 289. The Balaban J connectivity index is 4.03. The summed E-state index contributed by atoms with van der Waals surface area (Å²) in [5.74, 6) is -1.19. The van der Waals surface area contributed by atoms with Gasteiger partial charge in [-0.3, -0.25) is 0 Å². The fourth-order valence-electron chi connectivity index (χ4n) is 0.701. The van der Waals surface area contributed by atoms with Gasteiger partial charge in [-0.1, -0.05) is 18.7 Å². The minimum absolute atomic E-state index is 0.363. The molecule has 0 radical (unpaired) electrons. The van der Waals surface area contributed by atoms with Crippen LogP contribution in [0.15, 0.2) is 37.0 Å². The number of allylic oxidation sites excluding steroid dienone is 2. The first-order chi connectivity index (χ1) is 7.10. The Morgan fingerprint density at radius 1 is 1.27 bits per heavy atom. The summed E-state index contributed by atoms with van der Waals surface area (Å²) in [6, 6.07) is 0. The average Bonchev–Trinajstić information content (AvgIpc) is 2.22. The van der Waals surface area contributed by atoms with E-state index in [0.717, 1.165) is 12.2 Å². The number of ether oxygens (including phenoxy) is 2. The van der Waals surface area contributed by atoms with Gasteiger partial charge in [0.05, 0.1) is 7.11 Å². The van der Waals surface area contributed by atoms with E-state index in [0.29, 0.717) is 0 Å². The third-order valence-corrected chi connectivity index (χ3v) is 1.38. The van der Waals surface area contributed by atoms with E-state index in [9.17, 15) is 9.59 Å². The van der Waals surface area contributed by atoms with Gasteiger partial charge in [-0.05, 0) is 13.0 Å². The highest BCUT2D eigenvalue weighted by Crippen LogP contribution is 1.95. The van der Waals surface area contributed by atoms with E-state index in [1.807, 2.05) is 0 Å². The molecule has 0 bridgehead atoms. The molecule has 1 unspecified atom stereocenters. The fraction of sp³-hybridized carbons (Fsp3) is 0.273. The van der Waals surface area contributed by atoms with Crippen LogP contribution in [0.4, 0.5) is 0 Å². The molecule has 4 nitrogen and oxygen atoms in total. The highest BCUT2D eigenvalue weighted by molar-refractivity contribution is 5.91. The van der Waals surface area contributed by atoms with Crippen LogP contribution in [0.2, 0.25) is 0 Å². The Morgan fingerprint density at radius 2 is 1.87 bits per heavy atom. The molecule has 0 aromatic heterocycles. The number of esters is 2. The molecule has 0 aliphatic heterocycles. The number of hydrogen-bond donors (Lipinski definition) is 0. The molecule has 0 aliphatic rings. The van der Waals surface area contributed by atoms with Crippen molar-refractivity contribution >= 4 is 11.9 Å². The molecule has 0 saturated carbocycles. The van der Waals surface area contributed by atoms with E-state index in [4.69, 9.17) is 4.74 Å². The molecule has 0 aliphatic carbocycles. The van der Waals surface area contributed by atoms with E-state index in [-0.39, 0.29) is 6.10 Å². The molecule has 0 heterocycles. The molecular formula is C11H14O4. The second kappa shape index (κ2) is 7.55. The van der Waals surface area contributed by atoms with Crippen LogP contribution in [0, 0.1) is 0 Å². The summed E-state index contributed by atoms with van der Waals surface area (Å²) < 4.78 is 9.19. The van der Waals surface area contributed by atoms with Gasteiger partial charge in [-0.15, -0.1) is 0 Å². The Hall–Kier alpha value is -1.84. The van der Waals surface area contributed by atoms with Gasteiger partial charge in [0.25, 0.3) is 0 Å². The standard InChI is InChI=1S/C11H14O4/c1-4-5-6-9(2)15-11(13)8-7-10(12)14-3/h4-9H,1H2,2-3H3/b6-5+,8-7+. The van der Waals surface area contributed by atoms with Gasteiger partial charge in [0.1, 0.15) is 6.10 Å². The molecule has 0 aromatic carbocycles. The van der Waals surface area contributed by atoms with Gasteiger partial charge < -0.3 is 9.47 Å². The first-order valence-corrected chi connectivity index (χ1v) is 4.36. The molecular weight excluding hydrogens is 196 g/mol. The first-order valence-electron chi connectivity index (χ1n) is 4.36. The van der Waals surface area contributed by atoms with Crippen LogP contribution in [0.3, 0.4) is 0 Å². The van der Waals surface area contributed by atoms with Gasteiger partial charge in [-0.2, -0.15) is 0 Å². The molecule has 0 aromatic rings. The van der Waals surface area contributed by atoms with Crippen molar-refractivity contribution in [2.24, 2.45) is 0 Å². The predicted molar refractivity (Wildman–Crippen MR) is 56.0 cm³/mol. The molecule has 15 heavy (non-hydrogen) atoms. The van der Waals surface area contributed by atoms with E-state index >= 15 is 0 Å². The maximum atomic E-state index is 11.1. The lowest BCUT2D eigenvalue weighted by Crippen LogP contribution is -2.10. The summed E-state index contributed by atoms with van der Waals surface area (Å²) in [6.45, 7) is 5.18. The van der Waals surface area contributed by atoms with Crippen molar-refractivity contribution in [3.05, 3.63) is 37.0 Å². The van der Waals surface area contributed by atoms with Crippen LogP contribution in [0.25, 0.3) is 0 Å². The van der Waals surface area contributed by atoms with E-state index in [1.165, 1.54) is 7.11 Å². The van der Waals surface area contributed by atoms with Crippen LogP contribution < -0.4 is 0 Å². The summed E-state index contributed by atoms with van der Waals surface area (Å²) in [6.07, 6.45) is 6.57. The molecule has 0 N–H and O–H groups in total. The van der Waals surface area contributed by atoms with E-state index in [1.54, 1.807) is 25.2 Å². The monoisotopic (exact) mass is 210 g/mol. The molecule has 0 fully saturated rings. The molecule has 82 valence electrons. The number of carbonyl (C=O) groups excluding carboxylic acids is 2. The second-order valence-electron chi connectivity index (χ2n) is 2.62. The average molecular weight is 210 g/mol.